The molecule has 7 heteroatoms. The summed E-state index contributed by atoms with van der Waals surface area (Å²) in [6.07, 6.45) is -0.976. The van der Waals surface area contributed by atoms with E-state index in [4.69, 9.17) is 19.3 Å². The quantitative estimate of drug-likeness (QED) is 0.672. The number of benzene rings is 1. The summed E-state index contributed by atoms with van der Waals surface area (Å²) in [5.74, 6) is -0.694. The zero-order valence-electron chi connectivity index (χ0n) is 14.5. The smallest absolute Gasteiger partial charge is 0.305 e. The van der Waals surface area contributed by atoms with Crippen LogP contribution in [0.1, 0.15) is 25.8 Å². The Balaban J connectivity index is 2.60. The molecule has 0 saturated carbocycles. The van der Waals surface area contributed by atoms with E-state index in [2.05, 4.69) is 5.32 Å². The fraction of sp³-hybridized carbons (Fsp3) is 0.529. The summed E-state index contributed by atoms with van der Waals surface area (Å²) in [5, 5.41) is 11.7. The highest BCUT2D eigenvalue weighted by Gasteiger charge is 2.31. The van der Waals surface area contributed by atoms with Gasteiger partial charge in [0.15, 0.2) is 0 Å². The van der Waals surface area contributed by atoms with E-state index in [9.17, 15) is 9.59 Å². The predicted octanol–water partition coefficient (Wildman–Crippen LogP) is 1.60. The van der Waals surface area contributed by atoms with E-state index < -0.39 is 23.5 Å². The second-order valence-corrected chi connectivity index (χ2v) is 5.86. The molecule has 1 aromatic rings. The summed E-state index contributed by atoms with van der Waals surface area (Å²) < 4.78 is 15.7. The van der Waals surface area contributed by atoms with E-state index in [0.717, 1.165) is 5.56 Å². The fourth-order valence-electron chi connectivity index (χ4n) is 2.24. The van der Waals surface area contributed by atoms with Crippen LogP contribution in [0.4, 0.5) is 0 Å². The first kappa shape index (κ1) is 19.9. The SMILES string of the molecule is COCC(C)(CC(=O)O)NC(=O)C(C)OCc1cccc(OC)c1. The molecule has 2 atom stereocenters. The first-order valence-corrected chi connectivity index (χ1v) is 7.57. The van der Waals surface area contributed by atoms with Crippen molar-refractivity contribution in [1.82, 2.24) is 5.32 Å². The van der Waals surface area contributed by atoms with Crippen molar-refractivity contribution in [3.05, 3.63) is 29.8 Å². The van der Waals surface area contributed by atoms with Crippen LogP contribution in [0.5, 0.6) is 5.75 Å². The average Bonchev–Trinajstić information content (AvgIpc) is 2.51. The number of carbonyl (C=O) groups is 2. The number of aliphatic carboxylic acids is 1. The Hall–Kier alpha value is -2.12. The zero-order chi connectivity index (χ0) is 18.2. The number of methoxy groups -OCH3 is 2. The third-order valence-electron chi connectivity index (χ3n) is 3.43. The summed E-state index contributed by atoms with van der Waals surface area (Å²) in [5.41, 5.74) is -0.121. The second-order valence-electron chi connectivity index (χ2n) is 5.86. The third-order valence-corrected chi connectivity index (χ3v) is 3.43. The highest BCUT2D eigenvalue weighted by molar-refractivity contribution is 5.82. The summed E-state index contributed by atoms with van der Waals surface area (Å²) >= 11 is 0. The molecule has 0 bridgehead atoms. The molecular formula is C17H25NO6. The number of carboxylic acid groups (broad SMARTS) is 1. The Bertz CT molecular complexity index is 562. The summed E-state index contributed by atoms with van der Waals surface area (Å²) in [4.78, 5) is 23.2. The van der Waals surface area contributed by atoms with Gasteiger partial charge >= 0.3 is 5.97 Å². The van der Waals surface area contributed by atoms with Crippen molar-refractivity contribution in [1.29, 1.82) is 0 Å². The van der Waals surface area contributed by atoms with Gasteiger partial charge < -0.3 is 24.6 Å². The van der Waals surface area contributed by atoms with Crippen LogP contribution in [0.15, 0.2) is 24.3 Å². The Morgan fingerprint density at radius 1 is 1.33 bits per heavy atom. The van der Waals surface area contributed by atoms with Crippen LogP contribution in [0.2, 0.25) is 0 Å². The van der Waals surface area contributed by atoms with Crippen molar-refractivity contribution in [2.45, 2.75) is 38.5 Å². The van der Waals surface area contributed by atoms with Gasteiger partial charge in [0.1, 0.15) is 11.9 Å². The first-order chi connectivity index (χ1) is 11.3. The minimum Gasteiger partial charge on any atom is -0.497 e. The van der Waals surface area contributed by atoms with E-state index in [1.54, 1.807) is 21.0 Å². The van der Waals surface area contributed by atoms with E-state index in [0.29, 0.717) is 5.75 Å². The van der Waals surface area contributed by atoms with Gasteiger partial charge in [0.2, 0.25) is 5.91 Å². The molecule has 0 heterocycles. The number of rotatable bonds is 10. The lowest BCUT2D eigenvalue weighted by atomic mass is 9.98. The molecule has 0 aliphatic heterocycles. The molecule has 24 heavy (non-hydrogen) atoms. The minimum atomic E-state index is -1.01. The molecule has 0 spiro atoms. The van der Waals surface area contributed by atoms with Gasteiger partial charge in [-0.3, -0.25) is 9.59 Å². The molecule has 2 N–H and O–H groups in total. The lowest BCUT2D eigenvalue weighted by Crippen LogP contribution is -2.53. The van der Waals surface area contributed by atoms with Crippen LogP contribution in [0.3, 0.4) is 0 Å². The third kappa shape index (κ3) is 6.55. The molecule has 0 saturated heterocycles. The molecule has 1 amide bonds. The summed E-state index contributed by atoms with van der Waals surface area (Å²) in [6, 6.07) is 7.35. The van der Waals surface area contributed by atoms with Crippen molar-refractivity contribution in [3.8, 4) is 5.75 Å². The van der Waals surface area contributed by atoms with E-state index in [1.165, 1.54) is 7.11 Å². The van der Waals surface area contributed by atoms with Crippen LogP contribution in [0, 0.1) is 0 Å². The number of hydrogen-bond donors (Lipinski definition) is 2. The summed E-state index contributed by atoms with van der Waals surface area (Å²) in [6.45, 7) is 3.57. The predicted molar refractivity (Wildman–Crippen MR) is 87.9 cm³/mol. The van der Waals surface area contributed by atoms with Crippen molar-refractivity contribution in [2.75, 3.05) is 20.8 Å². The van der Waals surface area contributed by atoms with Crippen molar-refractivity contribution in [2.24, 2.45) is 0 Å². The molecule has 0 aromatic heterocycles. The van der Waals surface area contributed by atoms with Gasteiger partial charge in [0, 0.05) is 7.11 Å². The highest BCUT2D eigenvalue weighted by atomic mass is 16.5. The van der Waals surface area contributed by atoms with Gasteiger partial charge in [-0.25, -0.2) is 0 Å². The van der Waals surface area contributed by atoms with Gasteiger partial charge in [0.25, 0.3) is 0 Å². The molecule has 1 rings (SSSR count). The Labute approximate surface area is 141 Å². The standard InChI is InChI=1S/C17H25NO6/c1-12(24-10-13-6-5-7-14(8-13)23-4)16(21)18-17(2,11-22-3)9-15(19)20/h5-8,12H,9-11H2,1-4H3,(H,18,21)(H,19,20). The maximum atomic E-state index is 12.3. The molecule has 7 nitrogen and oxygen atoms in total. The minimum absolute atomic E-state index is 0.0909. The number of hydrogen-bond acceptors (Lipinski definition) is 5. The summed E-state index contributed by atoms with van der Waals surface area (Å²) in [7, 11) is 3.03. The molecule has 2 unspecified atom stereocenters. The van der Waals surface area contributed by atoms with Crippen LogP contribution in [-0.4, -0.2) is 49.5 Å². The normalized spacial score (nSPS) is 14.5. The van der Waals surface area contributed by atoms with Crippen LogP contribution in [-0.2, 0) is 25.7 Å². The first-order valence-electron chi connectivity index (χ1n) is 7.57. The van der Waals surface area contributed by atoms with Crippen molar-refractivity contribution in [3.63, 3.8) is 0 Å². The van der Waals surface area contributed by atoms with E-state index >= 15 is 0 Å². The average molecular weight is 339 g/mol. The number of amides is 1. The number of carbonyl (C=O) groups excluding carboxylic acids is 1. The van der Waals surface area contributed by atoms with Crippen LogP contribution >= 0.6 is 0 Å². The van der Waals surface area contributed by atoms with Gasteiger partial charge in [0.05, 0.1) is 32.3 Å². The molecule has 0 aliphatic rings. The van der Waals surface area contributed by atoms with Crippen LogP contribution < -0.4 is 10.1 Å². The number of carboxylic acids is 1. The fourth-order valence-corrected chi connectivity index (χ4v) is 2.24. The Kier molecular flexibility index (Phi) is 7.67. The maximum absolute atomic E-state index is 12.3. The maximum Gasteiger partial charge on any atom is 0.305 e. The lowest BCUT2D eigenvalue weighted by Gasteiger charge is -2.29. The molecule has 134 valence electrons. The molecule has 0 aliphatic carbocycles. The molecule has 0 fully saturated rings. The lowest BCUT2D eigenvalue weighted by molar-refractivity contribution is -0.141. The van der Waals surface area contributed by atoms with Gasteiger partial charge in [-0.1, -0.05) is 12.1 Å². The van der Waals surface area contributed by atoms with Crippen molar-refractivity contribution < 1.29 is 28.9 Å². The Morgan fingerprint density at radius 2 is 2.04 bits per heavy atom. The Morgan fingerprint density at radius 3 is 2.62 bits per heavy atom. The monoisotopic (exact) mass is 339 g/mol. The van der Waals surface area contributed by atoms with E-state index in [1.807, 2.05) is 24.3 Å². The topological polar surface area (TPSA) is 94.1 Å². The van der Waals surface area contributed by atoms with Gasteiger partial charge in [-0.2, -0.15) is 0 Å². The molecule has 0 radical (unpaired) electrons. The highest BCUT2D eigenvalue weighted by Crippen LogP contribution is 2.15. The second kappa shape index (κ2) is 9.24. The van der Waals surface area contributed by atoms with Crippen LogP contribution in [0.25, 0.3) is 0 Å². The molecular weight excluding hydrogens is 314 g/mol. The number of ether oxygens (including phenoxy) is 3. The van der Waals surface area contributed by atoms with Crippen molar-refractivity contribution >= 4 is 11.9 Å². The zero-order valence-corrected chi connectivity index (χ0v) is 14.5. The largest absolute Gasteiger partial charge is 0.497 e. The van der Waals surface area contributed by atoms with Gasteiger partial charge in [-0.05, 0) is 31.5 Å². The molecule has 1 aromatic carbocycles. The van der Waals surface area contributed by atoms with E-state index in [-0.39, 0.29) is 19.6 Å². The number of nitrogens with one attached hydrogen (secondary N) is 1. The van der Waals surface area contributed by atoms with Gasteiger partial charge in [-0.15, -0.1) is 0 Å².